The number of aromatic nitrogens is 3. The molecule has 0 bridgehead atoms. The van der Waals surface area contributed by atoms with Gasteiger partial charge in [-0.2, -0.15) is 10.4 Å². The molecule has 2 unspecified atom stereocenters. The second kappa shape index (κ2) is 9.39. The summed E-state index contributed by atoms with van der Waals surface area (Å²) in [4.78, 5) is 16.7. The Bertz CT molecular complexity index is 1100. The van der Waals surface area contributed by atoms with Gasteiger partial charge in [-0.1, -0.05) is 24.6 Å². The van der Waals surface area contributed by atoms with Crippen LogP contribution in [-0.2, 0) is 6.54 Å². The van der Waals surface area contributed by atoms with Crippen molar-refractivity contribution in [3.8, 4) is 17.3 Å². The second-order valence-electron chi connectivity index (χ2n) is 6.96. The van der Waals surface area contributed by atoms with E-state index < -0.39 is 6.10 Å². The molecule has 2 heterocycles. The summed E-state index contributed by atoms with van der Waals surface area (Å²) in [6, 6.07) is 7.36. The van der Waals surface area contributed by atoms with Gasteiger partial charge in [-0.05, 0) is 38.0 Å². The molecule has 1 aromatic carbocycles. The lowest BCUT2D eigenvalue weighted by Gasteiger charge is -2.16. The first-order chi connectivity index (χ1) is 14.3. The van der Waals surface area contributed by atoms with Gasteiger partial charge in [-0.15, -0.1) is 11.3 Å². The molecule has 2 aromatic heterocycles. The number of nitriles is 1. The molecule has 3 rings (SSSR count). The van der Waals surface area contributed by atoms with Crippen LogP contribution in [0.25, 0.3) is 11.3 Å². The maximum atomic E-state index is 12.5. The third-order valence-electron chi connectivity index (χ3n) is 4.77. The van der Waals surface area contributed by atoms with E-state index in [9.17, 15) is 9.90 Å². The number of nitrogens with zero attached hydrogens (tertiary/aromatic N) is 4. The highest BCUT2D eigenvalue weighted by molar-refractivity contribution is 7.09. The number of halogens is 1. The Hall–Kier alpha value is -2.73. The van der Waals surface area contributed by atoms with Crippen molar-refractivity contribution in [1.82, 2.24) is 20.1 Å². The quantitative estimate of drug-likeness (QED) is 0.572. The van der Waals surface area contributed by atoms with Gasteiger partial charge in [-0.25, -0.2) is 4.98 Å². The largest absolute Gasteiger partial charge is 0.386 e. The van der Waals surface area contributed by atoms with Gasteiger partial charge in [0.25, 0.3) is 5.91 Å². The molecule has 3 aromatic rings. The molecule has 0 fully saturated rings. The number of hydrogen-bond acceptors (Lipinski definition) is 6. The molecular formula is C21H22ClN5O2S. The Balaban J connectivity index is 1.71. The van der Waals surface area contributed by atoms with E-state index >= 15 is 0 Å². The van der Waals surface area contributed by atoms with Gasteiger partial charge in [0.2, 0.25) is 0 Å². The van der Waals surface area contributed by atoms with Crippen LogP contribution in [-0.4, -0.2) is 31.8 Å². The van der Waals surface area contributed by atoms with Crippen molar-refractivity contribution in [2.75, 3.05) is 0 Å². The van der Waals surface area contributed by atoms with E-state index in [1.807, 2.05) is 32.2 Å². The van der Waals surface area contributed by atoms with E-state index in [-0.39, 0.29) is 11.9 Å². The molecule has 0 aliphatic rings. The molecule has 9 heteroatoms. The number of aliphatic hydroxyl groups excluding tert-OH is 1. The number of thiazole rings is 1. The lowest BCUT2D eigenvalue weighted by molar-refractivity contribution is 0.0926. The van der Waals surface area contributed by atoms with Crippen LogP contribution in [0.1, 0.15) is 53.0 Å². The molecule has 0 saturated carbocycles. The van der Waals surface area contributed by atoms with E-state index in [1.54, 1.807) is 23.1 Å². The lowest BCUT2D eigenvalue weighted by Crippen LogP contribution is -2.37. The van der Waals surface area contributed by atoms with E-state index in [0.717, 1.165) is 23.2 Å². The molecule has 2 N–H and O–H groups in total. The summed E-state index contributed by atoms with van der Waals surface area (Å²) in [6.45, 7) is 5.97. The number of carbonyl (C=O) groups excluding carboxylic acids is 1. The minimum atomic E-state index is -0.694. The van der Waals surface area contributed by atoms with Crippen molar-refractivity contribution in [3.05, 3.63) is 56.6 Å². The normalized spacial score (nSPS) is 12.9. The molecular weight excluding hydrogens is 422 g/mol. The topological polar surface area (TPSA) is 104 Å². The lowest BCUT2D eigenvalue weighted by atomic mass is 10.0. The van der Waals surface area contributed by atoms with E-state index in [1.165, 1.54) is 11.3 Å². The summed E-state index contributed by atoms with van der Waals surface area (Å²) in [5.74, 6) is -0.271. The van der Waals surface area contributed by atoms with Crippen molar-refractivity contribution >= 4 is 28.8 Å². The molecule has 30 heavy (non-hydrogen) atoms. The number of nitrogens with one attached hydrogen (secondary N) is 1. The minimum absolute atomic E-state index is 0.132. The minimum Gasteiger partial charge on any atom is -0.386 e. The molecule has 0 aliphatic carbocycles. The first kappa shape index (κ1) is 22.0. The van der Waals surface area contributed by atoms with E-state index in [0.29, 0.717) is 27.8 Å². The summed E-state index contributed by atoms with van der Waals surface area (Å²) >= 11 is 7.53. The molecule has 0 saturated heterocycles. The number of rotatable bonds is 7. The number of aliphatic hydroxyl groups is 1. The molecule has 1 amide bonds. The zero-order valence-electron chi connectivity index (χ0n) is 16.9. The van der Waals surface area contributed by atoms with Crippen LogP contribution in [0.15, 0.2) is 29.8 Å². The molecule has 0 aliphatic heterocycles. The maximum Gasteiger partial charge on any atom is 0.271 e. The van der Waals surface area contributed by atoms with Gasteiger partial charge >= 0.3 is 0 Å². The van der Waals surface area contributed by atoms with Gasteiger partial charge in [0.15, 0.2) is 0 Å². The Labute approximate surface area is 183 Å². The molecule has 156 valence electrons. The Kier molecular flexibility index (Phi) is 6.87. The average Bonchev–Trinajstić information content (AvgIpc) is 3.39. The Morgan fingerprint density at radius 3 is 2.83 bits per heavy atom. The second-order valence-corrected chi connectivity index (χ2v) is 8.23. The fourth-order valence-corrected chi connectivity index (χ4v) is 3.95. The average molecular weight is 444 g/mol. The van der Waals surface area contributed by atoms with Gasteiger partial charge in [0.1, 0.15) is 22.9 Å². The van der Waals surface area contributed by atoms with Crippen molar-refractivity contribution in [2.45, 2.75) is 45.9 Å². The van der Waals surface area contributed by atoms with Gasteiger partial charge in [-0.3, -0.25) is 9.48 Å². The van der Waals surface area contributed by atoms with Crippen LogP contribution in [0.5, 0.6) is 0 Å². The molecule has 7 nitrogen and oxygen atoms in total. The predicted octanol–water partition coefficient (Wildman–Crippen LogP) is 4.10. The Morgan fingerprint density at radius 2 is 2.20 bits per heavy atom. The third-order valence-corrected chi connectivity index (χ3v) is 6.27. The summed E-state index contributed by atoms with van der Waals surface area (Å²) < 4.78 is 1.78. The zero-order chi connectivity index (χ0) is 21.8. The predicted molar refractivity (Wildman–Crippen MR) is 116 cm³/mol. The fraction of sp³-hybridized carbons (Fsp3) is 0.333. The van der Waals surface area contributed by atoms with Gasteiger partial charge in [0, 0.05) is 23.2 Å². The molecule has 2 atom stereocenters. The number of amides is 1. The number of carbonyl (C=O) groups is 1. The van der Waals surface area contributed by atoms with Crippen LogP contribution in [0.3, 0.4) is 0 Å². The van der Waals surface area contributed by atoms with Crippen molar-refractivity contribution < 1.29 is 9.90 Å². The standard InChI is InChI=1S/C21H22ClN5O2S/c1-4-15(24-20(29)18-11-30-21(25-18)13(3)28)10-27-8-7-17(26-27)16-6-5-14(9-23)19(22)12(16)2/h5-8,11,13,15,28H,4,10H2,1-3H3,(H,24,29). The number of hydrogen-bond donors (Lipinski definition) is 2. The summed E-state index contributed by atoms with van der Waals surface area (Å²) in [6.07, 6.45) is 1.88. The van der Waals surface area contributed by atoms with Crippen LogP contribution in [0.2, 0.25) is 5.02 Å². The van der Waals surface area contributed by atoms with Crippen molar-refractivity contribution in [2.24, 2.45) is 0 Å². The maximum absolute atomic E-state index is 12.5. The zero-order valence-corrected chi connectivity index (χ0v) is 18.5. The van der Waals surface area contributed by atoms with Gasteiger partial charge < -0.3 is 10.4 Å². The first-order valence-corrected chi connectivity index (χ1v) is 10.8. The van der Waals surface area contributed by atoms with Crippen LogP contribution < -0.4 is 5.32 Å². The Morgan fingerprint density at radius 1 is 1.43 bits per heavy atom. The van der Waals surface area contributed by atoms with Crippen molar-refractivity contribution in [1.29, 1.82) is 5.26 Å². The van der Waals surface area contributed by atoms with Crippen molar-refractivity contribution in [3.63, 3.8) is 0 Å². The monoisotopic (exact) mass is 443 g/mol. The first-order valence-electron chi connectivity index (χ1n) is 9.51. The number of benzene rings is 1. The fourth-order valence-electron chi connectivity index (χ4n) is 3.00. The third kappa shape index (κ3) is 4.70. The van der Waals surface area contributed by atoms with E-state index in [4.69, 9.17) is 16.9 Å². The van der Waals surface area contributed by atoms with Crippen LogP contribution in [0.4, 0.5) is 0 Å². The van der Waals surface area contributed by atoms with Crippen LogP contribution in [0, 0.1) is 18.3 Å². The SMILES string of the molecule is CCC(Cn1ccc(-c2ccc(C#N)c(Cl)c2C)n1)NC(=O)c1csc(C(C)O)n1. The van der Waals surface area contributed by atoms with Crippen LogP contribution >= 0.6 is 22.9 Å². The summed E-state index contributed by atoms with van der Waals surface area (Å²) in [5, 5.41) is 28.9. The van der Waals surface area contributed by atoms with Gasteiger partial charge in [0.05, 0.1) is 22.8 Å². The highest BCUT2D eigenvalue weighted by Crippen LogP contribution is 2.30. The summed E-state index contributed by atoms with van der Waals surface area (Å²) in [7, 11) is 0. The molecule has 0 spiro atoms. The van der Waals surface area contributed by atoms with E-state index in [2.05, 4.69) is 21.5 Å². The highest BCUT2D eigenvalue weighted by Gasteiger charge is 2.18. The molecule has 0 radical (unpaired) electrons. The highest BCUT2D eigenvalue weighted by atomic mass is 35.5. The smallest absolute Gasteiger partial charge is 0.271 e. The summed E-state index contributed by atoms with van der Waals surface area (Å²) in [5.41, 5.74) is 3.16.